The number of aryl methyl sites for hydroxylation is 1. The highest BCUT2D eigenvalue weighted by Crippen LogP contribution is 2.19. The van der Waals surface area contributed by atoms with Gasteiger partial charge in [-0.25, -0.2) is 4.98 Å². The molecule has 19 heavy (non-hydrogen) atoms. The Morgan fingerprint density at radius 2 is 2.16 bits per heavy atom. The zero-order valence-electron chi connectivity index (χ0n) is 10.6. The Morgan fingerprint density at radius 1 is 1.42 bits per heavy atom. The second-order valence-corrected chi connectivity index (χ2v) is 5.35. The first-order valence-corrected chi connectivity index (χ1v) is 6.78. The largest absolute Gasteiger partial charge is 0.397 e. The molecule has 0 atom stereocenters. The van der Waals surface area contributed by atoms with Crippen LogP contribution in [-0.4, -0.2) is 10.9 Å². The minimum atomic E-state index is -0.549. The van der Waals surface area contributed by atoms with Gasteiger partial charge in [-0.05, 0) is 24.6 Å². The number of carbonyl (C=O) groups excluding carboxylic acids is 1. The first-order valence-electron chi connectivity index (χ1n) is 5.97. The van der Waals surface area contributed by atoms with Crippen LogP contribution in [0.1, 0.15) is 27.0 Å². The summed E-state index contributed by atoms with van der Waals surface area (Å²) >= 11 is 1.76. The van der Waals surface area contributed by atoms with Crippen LogP contribution >= 0.6 is 11.3 Å². The number of hydrogen-bond acceptors (Lipinski definition) is 5. The lowest BCUT2D eigenvalue weighted by molar-refractivity contribution is 0.100. The normalized spacial score (nSPS) is 10.4. The van der Waals surface area contributed by atoms with E-state index < -0.39 is 5.91 Å². The van der Waals surface area contributed by atoms with Gasteiger partial charge in [-0.15, -0.1) is 11.3 Å². The summed E-state index contributed by atoms with van der Waals surface area (Å²) in [6.07, 6.45) is 2.48. The highest BCUT2D eigenvalue weighted by atomic mass is 32.1. The van der Waals surface area contributed by atoms with E-state index in [2.05, 4.69) is 29.4 Å². The van der Waals surface area contributed by atoms with E-state index >= 15 is 0 Å². The second-order valence-electron chi connectivity index (χ2n) is 4.10. The number of hydrogen-bond donors (Lipinski definition) is 3. The van der Waals surface area contributed by atoms with Crippen LogP contribution in [-0.2, 0) is 13.0 Å². The number of pyridine rings is 1. The molecule has 0 aliphatic heterocycles. The predicted octanol–water partition coefficient (Wildman–Crippen LogP) is 2.00. The van der Waals surface area contributed by atoms with Crippen molar-refractivity contribution in [2.24, 2.45) is 5.73 Å². The first kappa shape index (κ1) is 13.4. The first-order chi connectivity index (χ1) is 9.10. The van der Waals surface area contributed by atoms with Crippen molar-refractivity contribution in [1.29, 1.82) is 0 Å². The molecule has 1 amide bonds. The van der Waals surface area contributed by atoms with Crippen LogP contribution < -0.4 is 16.8 Å². The lowest BCUT2D eigenvalue weighted by atomic mass is 10.2. The molecule has 2 heterocycles. The van der Waals surface area contributed by atoms with Crippen LogP contribution in [0.15, 0.2) is 24.4 Å². The summed E-state index contributed by atoms with van der Waals surface area (Å²) in [6, 6.07) is 5.78. The molecule has 2 rings (SSSR count). The Labute approximate surface area is 115 Å². The number of anilines is 2. The molecule has 0 saturated heterocycles. The third kappa shape index (κ3) is 3.23. The van der Waals surface area contributed by atoms with Crippen molar-refractivity contribution in [2.45, 2.75) is 19.9 Å². The van der Waals surface area contributed by atoms with E-state index in [9.17, 15) is 4.79 Å². The highest BCUT2D eigenvalue weighted by molar-refractivity contribution is 7.12. The van der Waals surface area contributed by atoms with Gasteiger partial charge in [-0.1, -0.05) is 6.92 Å². The van der Waals surface area contributed by atoms with Gasteiger partial charge in [-0.2, -0.15) is 0 Å². The Balaban J connectivity index is 2.07. The van der Waals surface area contributed by atoms with E-state index in [-0.39, 0.29) is 5.56 Å². The molecule has 0 aliphatic carbocycles. The van der Waals surface area contributed by atoms with Crippen LogP contribution in [0, 0.1) is 0 Å². The van der Waals surface area contributed by atoms with Crippen molar-refractivity contribution in [2.75, 3.05) is 11.1 Å². The van der Waals surface area contributed by atoms with Gasteiger partial charge in [0.1, 0.15) is 5.82 Å². The highest BCUT2D eigenvalue weighted by Gasteiger charge is 2.08. The number of nitrogens with one attached hydrogen (secondary N) is 1. The van der Waals surface area contributed by atoms with E-state index in [0.29, 0.717) is 18.1 Å². The number of nitrogens with zero attached hydrogens (tertiary/aromatic N) is 1. The molecule has 2 aromatic heterocycles. The molecule has 6 heteroatoms. The van der Waals surface area contributed by atoms with Gasteiger partial charge < -0.3 is 16.8 Å². The van der Waals surface area contributed by atoms with Gasteiger partial charge in [-0.3, -0.25) is 4.79 Å². The van der Waals surface area contributed by atoms with Crippen molar-refractivity contribution in [1.82, 2.24) is 4.98 Å². The molecule has 0 fully saturated rings. The third-order valence-electron chi connectivity index (χ3n) is 2.71. The summed E-state index contributed by atoms with van der Waals surface area (Å²) in [5, 5.41) is 3.16. The molecular formula is C13H16N4OS. The summed E-state index contributed by atoms with van der Waals surface area (Å²) in [4.78, 5) is 17.9. The molecule has 2 aromatic rings. The van der Waals surface area contributed by atoms with Gasteiger partial charge in [0.05, 0.1) is 24.0 Å². The monoisotopic (exact) mass is 276 g/mol. The van der Waals surface area contributed by atoms with Gasteiger partial charge in [0.15, 0.2) is 0 Å². The van der Waals surface area contributed by atoms with Crippen LogP contribution in [0.25, 0.3) is 0 Å². The number of carbonyl (C=O) groups is 1. The summed E-state index contributed by atoms with van der Waals surface area (Å²) in [6.45, 7) is 2.80. The molecular weight excluding hydrogens is 260 g/mol. The third-order valence-corrected chi connectivity index (χ3v) is 3.94. The second kappa shape index (κ2) is 5.71. The fraction of sp³-hybridized carbons (Fsp3) is 0.231. The average Bonchev–Trinajstić information content (AvgIpc) is 2.85. The molecule has 0 radical (unpaired) electrons. The number of amides is 1. The Kier molecular flexibility index (Phi) is 4.01. The van der Waals surface area contributed by atoms with Gasteiger partial charge in [0.2, 0.25) is 0 Å². The molecule has 0 spiro atoms. The van der Waals surface area contributed by atoms with Crippen LogP contribution in [0.4, 0.5) is 11.5 Å². The van der Waals surface area contributed by atoms with Crippen molar-refractivity contribution in [3.05, 3.63) is 39.7 Å². The minimum Gasteiger partial charge on any atom is -0.397 e. The smallest absolute Gasteiger partial charge is 0.250 e. The Morgan fingerprint density at radius 3 is 2.79 bits per heavy atom. The Hall–Kier alpha value is -2.08. The zero-order chi connectivity index (χ0) is 13.8. The van der Waals surface area contributed by atoms with Crippen LogP contribution in [0.2, 0.25) is 0 Å². The van der Waals surface area contributed by atoms with E-state index in [1.807, 2.05) is 0 Å². The maximum atomic E-state index is 11.2. The average molecular weight is 276 g/mol. The molecule has 100 valence electrons. The van der Waals surface area contributed by atoms with E-state index in [1.165, 1.54) is 16.0 Å². The quantitative estimate of drug-likeness (QED) is 0.778. The molecule has 0 aromatic carbocycles. The summed E-state index contributed by atoms with van der Waals surface area (Å²) in [5.41, 5.74) is 11.5. The van der Waals surface area contributed by atoms with E-state index in [4.69, 9.17) is 11.5 Å². The maximum Gasteiger partial charge on any atom is 0.250 e. The van der Waals surface area contributed by atoms with Gasteiger partial charge in [0, 0.05) is 9.75 Å². The fourth-order valence-electron chi connectivity index (χ4n) is 1.66. The predicted molar refractivity (Wildman–Crippen MR) is 78.2 cm³/mol. The lowest BCUT2D eigenvalue weighted by Crippen LogP contribution is -2.14. The molecule has 0 saturated carbocycles. The van der Waals surface area contributed by atoms with E-state index in [0.717, 1.165) is 6.42 Å². The van der Waals surface area contributed by atoms with E-state index in [1.54, 1.807) is 17.4 Å². The number of primary amides is 1. The Bertz CT molecular complexity index is 594. The molecule has 0 aliphatic rings. The minimum absolute atomic E-state index is 0.290. The zero-order valence-corrected chi connectivity index (χ0v) is 11.5. The van der Waals surface area contributed by atoms with Crippen molar-refractivity contribution >= 4 is 28.7 Å². The number of aromatic nitrogens is 1. The van der Waals surface area contributed by atoms with Gasteiger partial charge >= 0.3 is 0 Å². The molecule has 5 N–H and O–H groups in total. The van der Waals surface area contributed by atoms with Crippen LogP contribution in [0.3, 0.4) is 0 Å². The summed E-state index contributed by atoms with van der Waals surface area (Å²) in [5.74, 6) is 0.0433. The number of rotatable bonds is 5. The van der Waals surface area contributed by atoms with Crippen molar-refractivity contribution < 1.29 is 4.79 Å². The molecule has 0 bridgehead atoms. The van der Waals surface area contributed by atoms with Gasteiger partial charge in [0.25, 0.3) is 5.91 Å². The van der Waals surface area contributed by atoms with Crippen molar-refractivity contribution in [3.63, 3.8) is 0 Å². The number of nitrogens with two attached hydrogens (primary N) is 2. The van der Waals surface area contributed by atoms with Crippen LogP contribution in [0.5, 0.6) is 0 Å². The lowest BCUT2D eigenvalue weighted by Gasteiger charge is -2.07. The summed E-state index contributed by atoms with van der Waals surface area (Å²) in [7, 11) is 0. The fourth-order valence-corrected chi connectivity index (χ4v) is 2.56. The maximum absolute atomic E-state index is 11.2. The summed E-state index contributed by atoms with van der Waals surface area (Å²) < 4.78 is 0. The number of thiophene rings is 1. The van der Waals surface area contributed by atoms with Crippen molar-refractivity contribution in [3.8, 4) is 0 Å². The molecule has 0 unspecified atom stereocenters. The SMILES string of the molecule is CCc1ccc(CNc2cc(C(N)=O)c(N)cn2)s1. The molecule has 5 nitrogen and oxygen atoms in total. The standard InChI is InChI=1S/C13H16N4OS/c1-2-8-3-4-9(19-8)6-16-12-5-10(13(15)18)11(14)7-17-12/h3-5,7H,2,6,14H2,1H3,(H2,15,18)(H,16,17). The number of nitrogen functional groups attached to an aromatic ring is 1. The topological polar surface area (TPSA) is 94.0 Å².